The monoisotopic (exact) mass is 241 g/mol. The highest BCUT2D eigenvalue weighted by Crippen LogP contribution is 2.11. The number of halogens is 1. The maximum Gasteiger partial charge on any atom is 0.128 e. The van der Waals surface area contributed by atoms with E-state index in [9.17, 15) is 0 Å². The summed E-state index contributed by atoms with van der Waals surface area (Å²) in [7, 11) is 6.25. The fourth-order valence-corrected chi connectivity index (χ4v) is 1.62. The van der Waals surface area contributed by atoms with Crippen molar-refractivity contribution in [3.63, 3.8) is 0 Å². The first-order valence-corrected chi connectivity index (χ1v) is 6.03. The van der Waals surface area contributed by atoms with Crippen LogP contribution in [-0.4, -0.2) is 44.1 Å². The van der Waals surface area contributed by atoms with Gasteiger partial charge in [-0.1, -0.05) is 6.07 Å². The molecule has 3 nitrogen and oxygen atoms in total. The number of anilines is 1. The van der Waals surface area contributed by atoms with E-state index in [1.54, 1.807) is 0 Å². The highest BCUT2D eigenvalue weighted by atomic mass is 35.5. The van der Waals surface area contributed by atoms with Crippen molar-refractivity contribution in [1.29, 1.82) is 0 Å². The van der Waals surface area contributed by atoms with Crippen LogP contribution >= 0.6 is 11.6 Å². The van der Waals surface area contributed by atoms with Gasteiger partial charge < -0.3 is 9.80 Å². The third-order valence-corrected chi connectivity index (χ3v) is 2.76. The lowest BCUT2D eigenvalue weighted by Crippen LogP contribution is -2.23. The van der Waals surface area contributed by atoms with Crippen LogP contribution in [0.3, 0.4) is 0 Å². The van der Waals surface area contributed by atoms with E-state index < -0.39 is 0 Å². The second-order valence-electron chi connectivity index (χ2n) is 4.24. The molecule has 16 heavy (non-hydrogen) atoms. The number of aromatic nitrogens is 1. The molecular weight excluding hydrogens is 222 g/mol. The van der Waals surface area contributed by atoms with Crippen LogP contribution in [0.2, 0.25) is 0 Å². The van der Waals surface area contributed by atoms with Gasteiger partial charge in [0.05, 0.1) is 0 Å². The molecule has 0 fully saturated rings. The molecule has 1 aromatic heterocycles. The standard InChI is InChI=1S/C12H20ClN3/c1-15(2)7-4-8-16(3)12-6-5-11(9-13)10-14-12/h5-6,10H,4,7-9H2,1-3H3. The molecule has 0 unspecified atom stereocenters. The van der Waals surface area contributed by atoms with Gasteiger partial charge in [0.15, 0.2) is 0 Å². The van der Waals surface area contributed by atoms with E-state index >= 15 is 0 Å². The van der Waals surface area contributed by atoms with Gasteiger partial charge in [0, 0.05) is 25.7 Å². The first kappa shape index (κ1) is 13.3. The van der Waals surface area contributed by atoms with Crippen LogP contribution in [-0.2, 0) is 5.88 Å². The molecule has 0 bridgehead atoms. The van der Waals surface area contributed by atoms with Crippen molar-refractivity contribution in [3.8, 4) is 0 Å². The third kappa shape index (κ3) is 4.37. The number of alkyl halides is 1. The zero-order chi connectivity index (χ0) is 12.0. The molecule has 0 aliphatic heterocycles. The second kappa shape index (κ2) is 6.71. The van der Waals surface area contributed by atoms with Gasteiger partial charge in [-0.25, -0.2) is 4.98 Å². The average Bonchev–Trinajstić information content (AvgIpc) is 2.28. The zero-order valence-electron chi connectivity index (χ0n) is 10.3. The molecule has 1 aromatic rings. The van der Waals surface area contributed by atoms with E-state index in [4.69, 9.17) is 11.6 Å². The first-order valence-electron chi connectivity index (χ1n) is 5.50. The van der Waals surface area contributed by atoms with Crippen LogP contribution in [0.15, 0.2) is 18.3 Å². The van der Waals surface area contributed by atoms with Gasteiger partial charge in [0.25, 0.3) is 0 Å². The van der Waals surface area contributed by atoms with Crippen molar-refractivity contribution in [2.75, 3.05) is 39.1 Å². The number of hydrogen-bond acceptors (Lipinski definition) is 3. The minimum atomic E-state index is 0.525. The van der Waals surface area contributed by atoms with E-state index in [0.717, 1.165) is 30.9 Å². The van der Waals surface area contributed by atoms with E-state index in [-0.39, 0.29) is 0 Å². The van der Waals surface area contributed by atoms with Crippen LogP contribution < -0.4 is 4.90 Å². The first-order chi connectivity index (χ1) is 7.63. The SMILES string of the molecule is CN(C)CCCN(C)c1ccc(CCl)cn1. The maximum atomic E-state index is 5.72. The largest absolute Gasteiger partial charge is 0.360 e. The summed E-state index contributed by atoms with van der Waals surface area (Å²) in [5.74, 6) is 1.53. The summed E-state index contributed by atoms with van der Waals surface area (Å²) >= 11 is 5.72. The molecule has 0 spiro atoms. The minimum absolute atomic E-state index is 0.525. The van der Waals surface area contributed by atoms with Gasteiger partial charge in [-0.3, -0.25) is 0 Å². The fraction of sp³-hybridized carbons (Fsp3) is 0.583. The Bertz CT molecular complexity index is 298. The van der Waals surface area contributed by atoms with Gasteiger partial charge in [-0.15, -0.1) is 11.6 Å². The van der Waals surface area contributed by atoms with E-state index in [2.05, 4.69) is 35.9 Å². The van der Waals surface area contributed by atoms with Crippen molar-refractivity contribution >= 4 is 17.4 Å². The summed E-state index contributed by atoms with van der Waals surface area (Å²) in [5, 5.41) is 0. The topological polar surface area (TPSA) is 19.4 Å². The molecule has 0 aliphatic rings. The highest BCUT2D eigenvalue weighted by Gasteiger charge is 2.02. The molecule has 0 aromatic carbocycles. The van der Waals surface area contributed by atoms with Crippen molar-refractivity contribution in [2.45, 2.75) is 12.3 Å². The molecule has 1 heterocycles. The number of nitrogens with zero attached hydrogens (tertiary/aromatic N) is 3. The van der Waals surface area contributed by atoms with Gasteiger partial charge in [0.2, 0.25) is 0 Å². The lowest BCUT2D eigenvalue weighted by atomic mass is 10.3. The van der Waals surface area contributed by atoms with Gasteiger partial charge >= 0.3 is 0 Å². The molecule has 0 atom stereocenters. The van der Waals surface area contributed by atoms with Crippen LogP contribution in [0.5, 0.6) is 0 Å². The molecule has 0 aliphatic carbocycles. The van der Waals surface area contributed by atoms with Crippen LogP contribution in [0, 0.1) is 0 Å². The molecule has 0 amide bonds. The summed E-state index contributed by atoms with van der Waals surface area (Å²) in [6, 6.07) is 4.05. The summed E-state index contributed by atoms with van der Waals surface area (Å²) in [6.07, 6.45) is 2.98. The Morgan fingerprint density at radius 1 is 1.19 bits per heavy atom. The Morgan fingerprint density at radius 3 is 2.44 bits per heavy atom. The fourth-order valence-electron chi connectivity index (χ4n) is 1.46. The van der Waals surface area contributed by atoms with Gasteiger partial charge in [0.1, 0.15) is 5.82 Å². The van der Waals surface area contributed by atoms with E-state index in [1.807, 2.05) is 18.3 Å². The Morgan fingerprint density at radius 2 is 1.94 bits per heavy atom. The molecule has 1 rings (SSSR count). The second-order valence-corrected chi connectivity index (χ2v) is 4.50. The Hall–Kier alpha value is -0.800. The lowest BCUT2D eigenvalue weighted by Gasteiger charge is -2.19. The van der Waals surface area contributed by atoms with Crippen LogP contribution in [0.25, 0.3) is 0 Å². The van der Waals surface area contributed by atoms with Crippen LogP contribution in [0.1, 0.15) is 12.0 Å². The molecule has 0 N–H and O–H groups in total. The predicted molar refractivity (Wildman–Crippen MR) is 70.2 cm³/mol. The Balaban J connectivity index is 2.43. The molecular formula is C12H20ClN3. The third-order valence-electron chi connectivity index (χ3n) is 2.45. The molecule has 0 radical (unpaired) electrons. The van der Waals surface area contributed by atoms with Gasteiger partial charge in [-0.05, 0) is 38.7 Å². The van der Waals surface area contributed by atoms with Crippen molar-refractivity contribution < 1.29 is 0 Å². The Kier molecular flexibility index (Phi) is 5.56. The number of hydrogen-bond donors (Lipinski definition) is 0. The van der Waals surface area contributed by atoms with E-state index in [0.29, 0.717) is 5.88 Å². The lowest BCUT2D eigenvalue weighted by molar-refractivity contribution is 0.401. The zero-order valence-corrected chi connectivity index (χ0v) is 11.0. The van der Waals surface area contributed by atoms with Crippen molar-refractivity contribution in [3.05, 3.63) is 23.9 Å². The van der Waals surface area contributed by atoms with E-state index in [1.165, 1.54) is 0 Å². The summed E-state index contributed by atoms with van der Waals surface area (Å²) < 4.78 is 0. The van der Waals surface area contributed by atoms with Crippen molar-refractivity contribution in [2.24, 2.45) is 0 Å². The van der Waals surface area contributed by atoms with Crippen LogP contribution in [0.4, 0.5) is 5.82 Å². The van der Waals surface area contributed by atoms with Gasteiger partial charge in [-0.2, -0.15) is 0 Å². The van der Waals surface area contributed by atoms with Crippen molar-refractivity contribution in [1.82, 2.24) is 9.88 Å². The smallest absolute Gasteiger partial charge is 0.128 e. The quantitative estimate of drug-likeness (QED) is 0.712. The maximum absolute atomic E-state index is 5.72. The highest BCUT2D eigenvalue weighted by molar-refractivity contribution is 6.17. The Labute approximate surface area is 103 Å². The summed E-state index contributed by atoms with van der Waals surface area (Å²) in [5.41, 5.74) is 1.06. The molecule has 4 heteroatoms. The molecule has 90 valence electrons. The summed E-state index contributed by atoms with van der Waals surface area (Å²) in [6.45, 7) is 2.12. The predicted octanol–water partition coefficient (Wildman–Crippen LogP) is 2.21. The summed E-state index contributed by atoms with van der Waals surface area (Å²) in [4.78, 5) is 8.74. The number of pyridine rings is 1. The molecule has 0 saturated carbocycles. The number of rotatable bonds is 6. The molecule has 0 saturated heterocycles. The normalized spacial score (nSPS) is 10.8. The average molecular weight is 242 g/mol. The minimum Gasteiger partial charge on any atom is -0.360 e.